The van der Waals surface area contributed by atoms with Crippen LogP contribution >= 0.6 is 12.1 Å². The van der Waals surface area contributed by atoms with Gasteiger partial charge in [0.05, 0.1) is 8.67 Å². The van der Waals surface area contributed by atoms with Gasteiger partial charge in [0.2, 0.25) is 0 Å². The van der Waals surface area contributed by atoms with Crippen LogP contribution in [0.4, 0.5) is 0 Å². The molecule has 0 fully saturated rings. The Morgan fingerprint density at radius 1 is 1.67 bits per heavy atom. The van der Waals surface area contributed by atoms with Gasteiger partial charge in [-0.25, -0.2) is 12.1 Å². The Bertz CT molecular complexity index is 19.5. The van der Waals surface area contributed by atoms with Crippen molar-refractivity contribution in [3.63, 3.8) is 0 Å². The van der Waals surface area contributed by atoms with Crippen molar-refractivity contribution in [1.82, 2.24) is 0 Å². The fourth-order valence-electron chi connectivity index (χ4n) is 0.362. The van der Waals surface area contributed by atoms with Crippen LogP contribution in [0.5, 0.6) is 0 Å². The summed E-state index contributed by atoms with van der Waals surface area (Å²) in [5, 5.41) is 0. The van der Waals surface area contributed by atoms with E-state index in [1.165, 1.54) is 18.9 Å². The molecule has 0 unspecified atom stereocenters. The zero-order valence-electron chi connectivity index (χ0n) is 4.28. The van der Waals surface area contributed by atoms with E-state index in [1.54, 1.807) is 0 Å². The number of rotatable bonds is 3. The summed E-state index contributed by atoms with van der Waals surface area (Å²) in [5.41, 5.74) is 0. The number of unbranched alkanes of at least 4 members (excludes halogenated alkanes) is 1. The zero-order valence-corrected chi connectivity index (χ0v) is 6.58. The lowest BCUT2D eigenvalue weighted by molar-refractivity contribution is 0.883. The first-order chi connectivity index (χ1) is 2.91. The molecule has 0 bridgehead atoms. The third-order valence-electron chi connectivity index (χ3n) is 0.762. The molecule has 0 N–H and O–H groups in total. The van der Waals surface area contributed by atoms with E-state index < -0.39 is 0 Å². The summed E-state index contributed by atoms with van der Waals surface area (Å²) < 4.78 is 0. The lowest BCUT2D eigenvalue weighted by Crippen LogP contribution is -1.73. The molecule has 0 saturated carbocycles. The Morgan fingerprint density at radius 2 is 2.33 bits per heavy atom. The van der Waals surface area contributed by atoms with Crippen LogP contribution in [0.2, 0.25) is 6.04 Å². The molecule has 2 heteroatoms. The van der Waals surface area contributed by atoms with Gasteiger partial charge in [0, 0.05) is 0 Å². The summed E-state index contributed by atoms with van der Waals surface area (Å²) >= 11 is 4.19. The Hall–Kier alpha value is 0.567. The molecule has 0 radical (unpaired) electrons. The molecule has 0 aliphatic heterocycles. The Labute approximate surface area is 47.2 Å². The maximum atomic E-state index is 4.19. The highest BCUT2D eigenvalue weighted by atomic mass is 32.3. The van der Waals surface area contributed by atoms with E-state index in [4.69, 9.17) is 0 Å². The van der Waals surface area contributed by atoms with Gasteiger partial charge in [-0.3, -0.25) is 0 Å². The first-order valence-electron chi connectivity index (χ1n) is 2.52. The van der Waals surface area contributed by atoms with Crippen LogP contribution in [-0.2, 0) is 0 Å². The summed E-state index contributed by atoms with van der Waals surface area (Å²) in [6.45, 7) is 2.22. The van der Waals surface area contributed by atoms with Crippen molar-refractivity contribution in [2.75, 3.05) is 0 Å². The quantitative estimate of drug-likeness (QED) is 0.323. The third-order valence-corrected chi connectivity index (χ3v) is 2.53. The zero-order chi connectivity index (χ0) is 4.83. The van der Waals surface area contributed by atoms with E-state index in [0.29, 0.717) is 0 Å². The van der Waals surface area contributed by atoms with Crippen molar-refractivity contribution < 1.29 is 0 Å². The summed E-state index contributed by atoms with van der Waals surface area (Å²) in [6.07, 6.45) is 2.74. The van der Waals surface area contributed by atoms with Crippen LogP contribution < -0.4 is 0 Å². The van der Waals surface area contributed by atoms with Crippen molar-refractivity contribution in [3.8, 4) is 0 Å². The second-order valence-electron chi connectivity index (χ2n) is 1.43. The summed E-state index contributed by atoms with van der Waals surface area (Å²) in [4.78, 5) is 0. The normalized spacial score (nSPS) is 11.0. The summed E-state index contributed by atoms with van der Waals surface area (Å²) in [6, 6.07) is 1.42. The molecule has 0 amide bonds. The topological polar surface area (TPSA) is 0 Å². The SMILES string of the molecule is CCCC[SiH2]S. The van der Waals surface area contributed by atoms with Crippen LogP contribution in [0.15, 0.2) is 0 Å². The van der Waals surface area contributed by atoms with E-state index in [0.717, 1.165) is 0 Å². The van der Waals surface area contributed by atoms with Gasteiger partial charge >= 0.3 is 0 Å². The molecule has 0 aromatic rings. The molecule has 0 aromatic carbocycles. The van der Waals surface area contributed by atoms with E-state index in [9.17, 15) is 0 Å². The van der Waals surface area contributed by atoms with Gasteiger partial charge in [-0.15, -0.1) is 0 Å². The molecular weight excluding hydrogens is 108 g/mol. The molecule has 0 atom stereocenters. The Morgan fingerprint density at radius 3 is 2.50 bits per heavy atom. The highest BCUT2D eigenvalue weighted by Gasteiger charge is 1.77. The van der Waals surface area contributed by atoms with Crippen molar-refractivity contribution in [2.45, 2.75) is 25.8 Å². The summed E-state index contributed by atoms with van der Waals surface area (Å²) in [7, 11) is 0.0974. The average molecular weight is 120 g/mol. The third kappa shape index (κ3) is 4.57. The molecular formula is C4H12SSi. The van der Waals surface area contributed by atoms with Crippen LogP contribution in [0.1, 0.15) is 19.8 Å². The average Bonchev–Trinajstić information content (AvgIpc) is 1.61. The van der Waals surface area contributed by atoms with Crippen molar-refractivity contribution in [3.05, 3.63) is 0 Å². The highest BCUT2D eigenvalue weighted by molar-refractivity contribution is 8.06. The fraction of sp³-hybridized carbons (Fsp3) is 1.00. The second-order valence-corrected chi connectivity index (χ2v) is 3.93. The van der Waals surface area contributed by atoms with Gasteiger partial charge in [0.15, 0.2) is 0 Å². The molecule has 6 heavy (non-hydrogen) atoms. The number of hydrogen-bond donors (Lipinski definition) is 1. The van der Waals surface area contributed by atoms with Gasteiger partial charge in [-0.05, 0) is 0 Å². The number of thiol groups is 1. The maximum Gasteiger partial charge on any atom is 0.0813 e. The van der Waals surface area contributed by atoms with Crippen LogP contribution in [-0.4, -0.2) is 8.67 Å². The molecule has 0 spiro atoms. The minimum atomic E-state index is 0.0974. The van der Waals surface area contributed by atoms with Crippen LogP contribution in [0.3, 0.4) is 0 Å². The first kappa shape index (κ1) is 6.57. The molecule has 0 nitrogen and oxygen atoms in total. The van der Waals surface area contributed by atoms with Crippen molar-refractivity contribution in [2.24, 2.45) is 0 Å². The second kappa shape index (κ2) is 5.57. The van der Waals surface area contributed by atoms with Gasteiger partial charge < -0.3 is 0 Å². The molecule has 0 aromatic heterocycles. The molecule has 0 saturated heterocycles. The minimum Gasteiger partial charge on any atom is -0.210 e. The predicted molar refractivity (Wildman–Crippen MR) is 37.2 cm³/mol. The van der Waals surface area contributed by atoms with Crippen molar-refractivity contribution >= 4 is 20.7 Å². The molecule has 0 rings (SSSR count). The Kier molecular flexibility index (Phi) is 6.09. The molecule has 0 heterocycles. The monoisotopic (exact) mass is 120 g/mol. The van der Waals surface area contributed by atoms with Crippen LogP contribution in [0, 0.1) is 0 Å². The van der Waals surface area contributed by atoms with E-state index in [2.05, 4.69) is 19.0 Å². The smallest absolute Gasteiger partial charge is 0.0813 e. The molecule has 0 aliphatic carbocycles. The summed E-state index contributed by atoms with van der Waals surface area (Å²) in [5.74, 6) is 0. The standard InChI is InChI=1S/C4H12SSi/c1-2-3-4-6-5/h5H,2-4,6H2,1H3. The first-order valence-corrected chi connectivity index (χ1v) is 6.05. The molecule has 0 aliphatic rings. The minimum absolute atomic E-state index is 0.0974. The van der Waals surface area contributed by atoms with E-state index in [-0.39, 0.29) is 8.67 Å². The van der Waals surface area contributed by atoms with Gasteiger partial charge in [-0.2, -0.15) is 0 Å². The molecule has 38 valence electrons. The highest BCUT2D eigenvalue weighted by Crippen LogP contribution is 1.92. The van der Waals surface area contributed by atoms with Crippen LogP contribution in [0.25, 0.3) is 0 Å². The van der Waals surface area contributed by atoms with E-state index >= 15 is 0 Å². The Balaban J connectivity index is 2.34. The largest absolute Gasteiger partial charge is 0.210 e. The van der Waals surface area contributed by atoms with Gasteiger partial charge in [0.1, 0.15) is 0 Å². The van der Waals surface area contributed by atoms with Gasteiger partial charge in [0.25, 0.3) is 0 Å². The number of hydrogen-bond acceptors (Lipinski definition) is 1. The van der Waals surface area contributed by atoms with E-state index in [1.807, 2.05) is 0 Å². The van der Waals surface area contributed by atoms with Gasteiger partial charge in [-0.1, -0.05) is 25.8 Å². The fourth-order valence-corrected chi connectivity index (χ4v) is 1.76. The lowest BCUT2D eigenvalue weighted by Gasteiger charge is -1.84. The lowest BCUT2D eigenvalue weighted by atomic mass is 10.4. The van der Waals surface area contributed by atoms with Crippen molar-refractivity contribution in [1.29, 1.82) is 0 Å². The maximum absolute atomic E-state index is 4.19. The predicted octanol–water partition coefficient (Wildman–Crippen LogP) is 1.22.